The van der Waals surface area contributed by atoms with Crippen molar-refractivity contribution in [3.63, 3.8) is 0 Å². The lowest BCUT2D eigenvalue weighted by molar-refractivity contribution is 0.504. The SMILES string of the molecule is CCC(NCc1cc(Br)ccc1F)c1cccc(Br)c1. The van der Waals surface area contributed by atoms with Gasteiger partial charge in [-0.3, -0.25) is 0 Å². The van der Waals surface area contributed by atoms with Gasteiger partial charge in [0, 0.05) is 27.1 Å². The fraction of sp³-hybridized carbons (Fsp3) is 0.250. The summed E-state index contributed by atoms with van der Waals surface area (Å²) in [7, 11) is 0. The fourth-order valence-electron chi connectivity index (χ4n) is 2.13. The predicted molar refractivity (Wildman–Crippen MR) is 88.1 cm³/mol. The van der Waals surface area contributed by atoms with Crippen molar-refractivity contribution >= 4 is 31.9 Å². The van der Waals surface area contributed by atoms with E-state index in [1.54, 1.807) is 6.07 Å². The van der Waals surface area contributed by atoms with Gasteiger partial charge < -0.3 is 5.32 Å². The average Bonchev–Trinajstić information content (AvgIpc) is 2.43. The zero-order valence-corrected chi connectivity index (χ0v) is 14.3. The van der Waals surface area contributed by atoms with Crippen molar-refractivity contribution in [2.75, 3.05) is 0 Å². The second kappa shape index (κ2) is 7.34. The van der Waals surface area contributed by atoms with Crippen molar-refractivity contribution < 1.29 is 4.39 Å². The molecule has 0 fully saturated rings. The van der Waals surface area contributed by atoms with Gasteiger partial charge in [0.05, 0.1) is 0 Å². The standard InChI is InChI=1S/C16H16Br2FN/c1-2-16(11-4-3-5-13(17)8-11)20-10-12-9-14(18)6-7-15(12)19/h3-9,16,20H,2,10H2,1H3. The molecule has 20 heavy (non-hydrogen) atoms. The van der Waals surface area contributed by atoms with Gasteiger partial charge in [-0.2, -0.15) is 0 Å². The molecule has 1 atom stereocenters. The van der Waals surface area contributed by atoms with Gasteiger partial charge in [0.2, 0.25) is 0 Å². The van der Waals surface area contributed by atoms with Crippen molar-refractivity contribution in [1.29, 1.82) is 0 Å². The van der Waals surface area contributed by atoms with E-state index in [1.807, 2.05) is 18.2 Å². The number of nitrogens with one attached hydrogen (secondary N) is 1. The monoisotopic (exact) mass is 399 g/mol. The van der Waals surface area contributed by atoms with Gasteiger partial charge in [-0.1, -0.05) is 50.9 Å². The maximum atomic E-state index is 13.7. The Hall–Kier alpha value is -0.710. The predicted octanol–water partition coefficient (Wildman–Crippen LogP) is 5.59. The van der Waals surface area contributed by atoms with Crippen LogP contribution in [0.15, 0.2) is 51.4 Å². The van der Waals surface area contributed by atoms with Crippen LogP contribution in [-0.2, 0) is 6.54 Å². The zero-order chi connectivity index (χ0) is 14.5. The van der Waals surface area contributed by atoms with Crippen LogP contribution in [0.2, 0.25) is 0 Å². The van der Waals surface area contributed by atoms with Crippen molar-refractivity contribution in [3.8, 4) is 0 Å². The Labute approximate surface area is 135 Å². The minimum atomic E-state index is -0.176. The molecule has 0 aliphatic rings. The highest BCUT2D eigenvalue weighted by Gasteiger charge is 2.10. The first kappa shape index (κ1) is 15.7. The molecular formula is C16H16Br2FN. The number of halogens is 3. The summed E-state index contributed by atoms with van der Waals surface area (Å²) in [5.74, 6) is -0.176. The molecule has 0 aromatic heterocycles. The molecular weight excluding hydrogens is 385 g/mol. The van der Waals surface area contributed by atoms with Crippen molar-refractivity contribution in [3.05, 3.63) is 68.4 Å². The van der Waals surface area contributed by atoms with Gasteiger partial charge in [0.15, 0.2) is 0 Å². The third-order valence-electron chi connectivity index (χ3n) is 3.21. The highest BCUT2D eigenvalue weighted by molar-refractivity contribution is 9.10. The first-order chi connectivity index (χ1) is 9.60. The largest absolute Gasteiger partial charge is 0.306 e. The van der Waals surface area contributed by atoms with Gasteiger partial charge in [0.25, 0.3) is 0 Å². The van der Waals surface area contributed by atoms with Crippen LogP contribution >= 0.6 is 31.9 Å². The summed E-state index contributed by atoms with van der Waals surface area (Å²) in [4.78, 5) is 0. The lowest BCUT2D eigenvalue weighted by atomic mass is 10.0. The van der Waals surface area contributed by atoms with Gasteiger partial charge >= 0.3 is 0 Å². The van der Waals surface area contributed by atoms with E-state index in [0.717, 1.165) is 15.4 Å². The van der Waals surface area contributed by atoms with E-state index in [1.165, 1.54) is 11.6 Å². The summed E-state index contributed by atoms with van der Waals surface area (Å²) in [6.45, 7) is 2.63. The quantitative estimate of drug-likeness (QED) is 0.689. The smallest absolute Gasteiger partial charge is 0.127 e. The number of rotatable bonds is 5. The number of hydrogen-bond donors (Lipinski definition) is 1. The Kier molecular flexibility index (Phi) is 5.75. The Morgan fingerprint density at radius 1 is 1.10 bits per heavy atom. The molecule has 0 saturated carbocycles. The van der Waals surface area contributed by atoms with E-state index >= 15 is 0 Å². The van der Waals surface area contributed by atoms with Crippen LogP contribution in [0.3, 0.4) is 0 Å². The topological polar surface area (TPSA) is 12.0 Å². The van der Waals surface area contributed by atoms with Crippen molar-refractivity contribution in [2.45, 2.75) is 25.9 Å². The van der Waals surface area contributed by atoms with Crippen LogP contribution in [0.4, 0.5) is 4.39 Å². The summed E-state index contributed by atoms with van der Waals surface area (Å²) in [5, 5.41) is 3.42. The second-order valence-electron chi connectivity index (χ2n) is 4.63. The third-order valence-corrected chi connectivity index (χ3v) is 4.19. The van der Waals surface area contributed by atoms with Crippen LogP contribution in [0.1, 0.15) is 30.5 Å². The van der Waals surface area contributed by atoms with E-state index in [-0.39, 0.29) is 11.9 Å². The molecule has 0 saturated heterocycles. The Bertz CT molecular complexity index is 586. The molecule has 0 aliphatic heterocycles. The molecule has 0 amide bonds. The molecule has 1 nitrogen and oxygen atoms in total. The van der Waals surface area contributed by atoms with Crippen LogP contribution < -0.4 is 5.32 Å². The molecule has 1 unspecified atom stereocenters. The Morgan fingerprint density at radius 2 is 1.85 bits per heavy atom. The normalized spacial score (nSPS) is 12.4. The highest BCUT2D eigenvalue weighted by atomic mass is 79.9. The van der Waals surface area contributed by atoms with E-state index in [0.29, 0.717) is 12.1 Å². The summed E-state index contributed by atoms with van der Waals surface area (Å²) in [5.41, 5.74) is 1.88. The first-order valence-corrected chi connectivity index (χ1v) is 8.11. The summed E-state index contributed by atoms with van der Waals surface area (Å²) >= 11 is 6.86. The van der Waals surface area contributed by atoms with Crippen LogP contribution in [0.25, 0.3) is 0 Å². The molecule has 0 bridgehead atoms. The zero-order valence-electron chi connectivity index (χ0n) is 11.2. The molecule has 1 N–H and O–H groups in total. The van der Waals surface area contributed by atoms with Crippen LogP contribution in [0.5, 0.6) is 0 Å². The fourth-order valence-corrected chi connectivity index (χ4v) is 2.96. The van der Waals surface area contributed by atoms with Crippen LogP contribution in [0, 0.1) is 5.82 Å². The highest BCUT2D eigenvalue weighted by Crippen LogP contribution is 2.22. The molecule has 0 radical (unpaired) electrons. The molecule has 2 aromatic carbocycles. The lowest BCUT2D eigenvalue weighted by Gasteiger charge is -2.18. The number of hydrogen-bond acceptors (Lipinski definition) is 1. The van der Waals surface area contributed by atoms with Crippen molar-refractivity contribution in [1.82, 2.24) is 5.32 Å². The van der Waals surface area contributed by atoms with E-state index in [2.05, 4.69) is 56.2 Å². The molecule has 4 heteroatoms. The molecule has 106 valence electrons. The minimum absolute atomic E-state index is 0.176. The van der Waals surface area contributed by atoms with Gasteiger partial charge in [-0.25, -0.2) is 4.39 Å². The van der Waals surface area contributed by atoms with E-state index in [4.69, 9.17) is 0 Å². The van der Waals surface area contributed by atoms with Gasteiger partial charge in [0.1, 0.15) is 5.82 Å². The summed E-state index contributed by atoms with van der Waals surface area (Å²) in [6, 6.07) is 13.4. The number of benzene rings is 2. The van der Waals surface area contributed by atoms with Crippen molar-refractivity contribution in [2.24, 2.45) is 0 Å². The molecule has 0 spiro atoms. The molecule has 0 aliphatic carbocycles. The van der Waals surface area contributed by atoms with Gasteiger partial charge in [-0.15, -0.1) is 0 Å². The lowest BCUT2D eigenvalue weighted by Crippen LogP contribution is -2.20. The molecule has 0 heterocycles. The summed E-state index contributed by atoms with van der Waals surface area (Å²) in [6.07, 6.45) is 0.950. The summed E-state index contributed by atoms with van der Waals surface area (Å²) < 4.78 is 15.7. The first-order valence-electron chi connectivity index (χ1n) is 6.53. The molecule has 2 rings (SSSR count). The second-order valence-corrected chi connectivity index (χ2v) is 6.46. The Balaban J connectivity index is 2.09. The Morgan fingerprint density at radius 3 is 2.55 bits per heavy atom. The van der Waals surface area contributed by atoms with Crippen LogP contribution in [-0.4, -0.2) is 0 Å². The molecule has 2 aromatic rings. The maximum absolute atomic E-state index is 13.7. The minimum Gasteiger partial charge on any atom is -0.306 e. The third kappa shape index (κ3) is 4.14. The maximum Gasteiger partial charge on any atom is 0.127 e. The average molecular weight is 401 g/mol. The van der Waals surface area contributed by atoms with E-state index < -0.39 is 0 Å². The van der Waals surface area contributed by atoms with E-state index in [9.17, 15) is 4.39 Å². The van der Waals surface area contributed by atoms with Gasteiger partial charge in [-0.05, 0) is 42.3 Å².